The molecule has 140 valence electrons. The van der Waals surface area contributed by atoms with Crippen LogP contribution >= 0.6 is 0 Å². The average Bonchev–Trinajstić information content (AvgIpc) is 2.85. The van der Waals surface area contributed by atoms with Crippen LogP contribution in [0.1, 0.15) is 38.3 Å². The Morgan fingerprint density at radius 3 is 2.42 bits per heavy atom. The molecule has 0 spiro atoms. The van der Waals surface area contributed by atoms with Crippen molar-refractivity contribution in [1.29, 1.82) is 5.26 Å². The lowest BCUT2D eigenvalue weighted by Crippen LogP contribution is -2.44. The van der Waals surface area contributed by atoms with Gasteiger partial charge in [0.05, 0.1) is 18.2 Å². The molecule has 0 aromatic heterocycles. The fraction of sp³-hybridized carbons (Fsp3) is 0.550. The summed E-state index contributed by atoms with van der Waals surface area (Å²) < 4.78 is 0. The first-order valence-electron chi connectivity index (χ1n) is 9.07. The number of carbonyl (C=O) groups is 2. The van der Waals surface area contributed by atoms with E-state index in [1.54, 1.807) is 0 Å². The molecule has 0 radical (unpaired) electrons. The molecule has 0 saturated carbocycles. The zero-order valence-electron chi connectivity index (χ0n) is 15.9. The number of amides is 2. The van der Waals surface area contributed by atoms with E-state index in [0.717, 1.165) is 26.1 Å². The highest BCUT2D eigenvalue weighted by Crippen LogP contribution is 2.13. The number of nitrogens with zero attached hydrogens (tertiary/aromatic N) is 3. The first-order chi connectivity index (χ1) is 12.3. The summed E-state index contributed by atoms with van der Waals surface area (Å²) >= 11 is 0. The van der Waals surface area contributed by atoms with Crippen LogP contribution in [-0.2, 0) is 16.1 Å². The van der Waals surface area contributed by atoms with Crippen molar-refractivity contribution in [2.24, 2.45) is 5.41 Å². The largest absolute Gasteiger partial charge is 0.347 e. The van der Waals surface area contributed by atoms with Crippen LogP contribution < -0.4 is 5.32 Å². The Labute approximate surface area is 155 Å². The first-order valence-corrected chi connectivity index (χ1v) is 9.07. The van der Waals surface area contributed by atoms with Crippen molar-refractivity contribution < 1.29 is 9.59 Å². The normalized spacial score (nSPS) is 15.8. The fourth-order valence-corrected chi connectivity index (χ4v) is 2.85. The molecule has 0 bridgehead atoms. The summed E-state index contributed by atoms with van der Waals surface area (Å²) in [6, 6.07) is 9.76. The molecule has 1 heterocycles. The predicted molar refractivity (Wildman–Crippen MR) is 100 cm³/mol. The number of nitriles is 1. The van der Waals surface area contributed by atoms with Crippen LogP contribution in [0, 0.1) is 16.7 Å². The molecule has 1 aliphatic heterocycles. The molecule has 2 amide bonds. The summed E-state index contributed by atoms with van der Waals surface area (Å²) in [7, 11) is 0. The zero-order chi connectivity index (χ0) is 19.2. The number of hydrogen-bond acceptors (Lipinski definition) is 4. The van der Waals surface area contributed by atoms with Crippen LogP contribution in [0.5, 0.6) is 0 Å². The maximum absolute atomic E-state index is 12.4. The Balaban J connectivity index is 1.82. The van der Waals surface area contributed by atoms with Gasteiger partial charge in [0.15, 0.2) is 0 Å². The highest BCUT2D eigenvalue weighted by molar-refractivity contribution is 5.87. The van der Waals surface area contributed by atoms with E-state index in [0.29, 0.717) is 18.7 Å². The second-order valence-electron chi connectivity index (χ2n) is 7.75. The summed E-state index contributed by atoms with van der Waals surface area (Å²) in [5.74, 6) is -0.133. The van der Waals surface area contributed by atoms with Gasteiger partial charge in [0.25, 0.3) is 0 Å². The van der Waals surface area contributed by atoms with Crippen molar-refractivity contribution in [2.45, 2.75) is 33.7 Å². The van der Waals surface area contributed by atoms with Gasteiger partial charge in [-0.3, -0.25) is 14.5 Å². The van der Waals surface area contributed by atoms with Gasteiger partial charge in [0, 0.05) is 38.1 Å². The molecule has 1 fully saturated rings. The van der Waals surface area contributed by atoms with E-state index in [9.17, 15) is 9.59 Å². The number of rotatable bonds is 4. The minimum Gasteiger partial charge on any atom is -0.347 e. The van der Waals surface area contributed by atoms with Crippen molar-refractivity contribution in [2.75, 3.05) is 32.7 Å². The maximum Gasteiger partial charge on any atom is 0.242 e. The lowest BCUT2D eigenvalue weighted by atomic mass is 9.96. The molecule has 1 aliphatic rings. The number of benzene rings is 1. The monoisotopic (exact) mass is 356 g/mol. The highest BCUT2D eigenvalue weighted by Gasteiger charge is 2.24. The zero-order valence-corrected chi connectivity index (χ0v) is 15.9. The molecular weight excluding hydrogens is 328 g/mol. The fourth-order valence-electron chi connectivity index (χ4n) is 2.85. The summed E-state index contributed by atoms with van der Waals surface area (Å²) in [5, 5.41) is 11.6. The van der Waals surface area contributed by atoms with E-state index < -0.39 is 5.41 Å². The van der Waals surface area contributed by atoms with Gasteiger partial charge in [-0.05, 0) is 24.1 Å². The van der Waals surface area contributed by atoms with Crippen molar-refractivity contribution in [1.82, 2.24) is 15.1 Å². The van der Waals surface area contributed by atoms with E-state index in [1.165, 1.54) is 5.56 Å². The topological polar surface area (TPSA) is 76.4 Å². The highest BCUT2D eigenvalue weighted by atomic mass is 16.2. The maximum atomic E-state index is 12.4. The standard InChI is InChI=1S/C20H28N4O2/c1-20(2,3)19(26)22-14-18(25)24-10-4-9-23(11-12-24)15-17-7-5-16(13-21)6-8-17/h5-8H,4,9-12,14-15H2,1-3H3,(H,22,26). The number of nitrogens with one attached hydrogen (secondary N) is 1. The summed E-state index contributed by atoms with van der Waals surface area (Å²) in [4.78, 5) is 28.4. The van der Waals surface area contributed by atoms with Crippen LogP contribution in [0.3, 0.4) is 0 Å². The van der Waals surface area contributed by atoms with Crippen LogP contribution in [0.2, 0.25) is 0 Å². The van der Waals surface area contributed by atoms with Crippen LogP contribution in [0.15, 0.2) is 24.3 Å². The molecular formula is C20H28N4O2. The van der Waals surface area contributed by atoms with Crippen molar-refractivity contribution >= 4 is 11.8 Å². The number of hydrogen-bond donors (Lipinski definition) is 1. The smallest absolute Gasteiger partial charge is 0.242 e. The van der Waals surface area contributed by atoms with E-state index in [4.69, 9.17) is 5.26 Å². The summed E-state index contributed by atoms with van der Waals surface area (Å²) in [6.07, 6.45) is 0.912. The summed E-state index contributed by atoms with van der Waals surface area (Å²) in [5.41, 5.74) is 1.34. The third-order valence-electron chi connectivity index (χ3n) is 4.51. The van der Waals surface area contributed by atoms with E-state index in [1.807, 2.05) is 49.9 Å². The molecule has 0 atom stereocenters. The molecule has 1 N–H and O–H groups in total. The van der Waals surface area contributed by atoms with E-state index >= 15 is 0 Å². The van der Waals surface area contributed by atoms with Gasteiger partial charge in [0.2, 0.25) is 11.8 Å². The van der Waals surface area contributed by atoms with Crippen LogP contribution in [0.4, 0.5) is 0 Å². The molecule has 1 saturated heterocycles. The molecule has 2 rings (SSSR count). The molecule has 6 nitrogen and oxygen atoms in total. The molecule has 26 heavy (non-hydrogen) atoms. The van der Waals surface area contributed by atoms with Crippen molar-refractivity contribution in [3.8, 4) is 6.07 Å². The van der Waals surface area contributed by atoms with E-state index in [2.05, 4.69) is 16.3 Å². The van der Waals surface area contributed by atoms with Gasteiger partial charge in [0.1, 0.15) is 0 Å². The SMILES string of the molecule is CC(C)(C)C(=O)NCC(=O)N1CCCN(Cc2ccc(C#N)cc2)CC1. The van der Waals surface area contributed by atoms with Gasteiger partial charge >= 0.3 is 0 Å². The second-order valence-corrected chi connectivity index (χ2v) is 7.75. The minimum absolute atomic E-state index is 0.0252. The summed E-state index contributed by atoms with van der Waals surface area (Å²) in [6.45, 7) is 9.49. The Morgan fingerprint density at radius 2 is 1.81 bits per heavy atom. The Kier molecular flexibility index (Phi) is 6.76. The van der Waals surface area contributed by atoms with Gasteiger partial charge in [-0.25, -0.2) is 0 Å². The minimum atomic E-state index is -0.489. The van der Waals surface area contributed by atoms with Gasteiger partial charge in [-0.1, -0.05) is 32.9 Å². The number of carbonyl (C=O) groups excluding carboxylic acids is 2. The van der Waals surface area contributed by atoms with Crippen LogP contribution in [-0.4, -0.2) is 54.3 Å². The third-order valence-corrected chi connectivity index (χ3v) is 4.51. The molecule has 1 aromatic rings. The average molecular weight is 356 g/mol. The van der Waals surface area contributed by atoms with Gasteiger partial charge in [-0.2, -0.15) is 5.26 Å². The van der Waals surface area contributed by atoms with Gasteiger partial charge < -0.3 is 10.2 Å². The molecule has 0 aliphatic carbocycles. The molecule has 0 unspecified atom stereocenters. The van der Waals surface area contributed by atoms with E-state index in [-0.39, 0.29) is 18.4 Å². The van der Waals surface area contributed by atoms with Gasteiger partial charge in [-0.15, -0.1) is 0 Å². The Bertz CT molecular complexity index is 671. The van der Waals surface area contributed by atoms with Crippen LogP contribution in [0.25, 0.3) is 0 Å². The quantitative estimate of drug-likeness (QED) is 0.892. The molecule has 6 heteroatoms. The lowest BCUT2D eigenvalue weighted by Gasteiger charge is -2.23. The predicted octanol–water partition coefficient (Wildman–Crippen LogP) is 1.75. The van der Waals surface area contributed by atoms with Crippen molar-refractivity contribution in [3.63, 3.8) is 0 Å². The molecule has 1 aromatic carbocycles. The Hall–Kier alpha value is -2.39. The Morgan fingerprint density at radius 1 is 1.12 bits per heavy atom. The third kappa shape index (κ3) is 5.85. The lowest BCUT2D eigenvalue weighted by molar-refractivity contribution is -0.135. The second kappa shape index (κ2) is 8.81. The first kappa shape index (κ1) is 19.9. The van der Waals surface area contributed by atoms with Crippen molar-refractivity contribution in [3.05, 3.63) is 35.4 Å².